The number of nitrogens with zero attached hydrogens (tertiary/aromatic N) is 1. The molecular formula is C22H29NO4. The van der Waals surface area contributed by atoms with Gasteiger partial charge in [-0.2, -0.15) is 0 Å². The van der Waals surface area contributed by atoms with Gasteiger partial charge in [0.1, 0.15) is 30.3 Å². The van der Waals surface area contributed by atoms with Crippen LogP contribution in [0.1, 0.15) is 24.5 Å². The van der Waals surface area contributed by atoms with Crippen LogP contribution in [0.25, 0.3) is 0 Å². The lowest BCUT2D eigenvalue weighted by Crippen LogP contribution is -2.29. The number of aliphatic hydroxyl groups excluding tert-OH is 2. The highest BCUT2D eigenvalue weighted by atomic mass is 16.5. The fourth-order valence-corrected chi connectivity index (χ4v) is 3.39. The molecule has 0 aromatic heterocycles. The molecule has 2 atom stereocenters. The van der Waals surface area contributed by atoms with E-state index in [0.717, 1.165) is 36.4 Å². The molecule has 0 spiro atoms. The second-order valence-corrected chi connectivity index (χ2v) is 7.03. The van der Waals surface area contributed by atoms with Gasteiger partial charge in [-0.3, -0.25) is 4.90 Å². The van der Waals surface area contributed by atoms with E-state index >= 15 is 0 Å². The van der Waals surface area contributed by atoms with Gasteiger partial charge in [0, 0.05) is 19.6 Å². The predicted molar refractivity (Wildman–Crippen MR) is 105 cm³/mol. The van der Waals surface area contributed by atoms with E-state index < -0.39 is 6.10 Å². The number of rotatable bonds is 9. The molecule has 1 aliphatic heterocycles. The fourth-order valence-electron chi connectivity index (χ4n) is 3.39. The summed E-state index contributed by atoms with van der Waals surface area (Å²) in [7, 11) is 0. The Labute approximate surface area is 161 Å². The molecule has 1 fully saturated rings. The Balaban J connectivity index is 1.51. The summed E-state index contributed by atoms with van der Waals surface area (Å²) in [5.74, 6) is 1.56. The number of likely N-dealkylation sites (tertiary alicyclic amines) is 1. The van der Waals surface area contributed by atoms with Crippen LogP contribution in [-0.4, -0.2) is 53.6 Å². The zero-order chi connectivity index (χ0) is 19.1. The molecule has 5 nitrogen and oxygen atoms in total. The summed E-state index contributed by atoms with van der Waals surface area (Å²) in [6.45, 7) is 4.53. The molecular weight excluding hydrogens is 342 g/mol. The molecule has 1 saturated heterocycles. The van der Waals surface area contributed by atoms with E-state index in [4.69, 9.17) is 14.6 Å². The van der Waals surface area contributed by atoms with Gasteiger partial charge in [-0.05, 0) is 41.8 Å². The molecule has 1 heterocycles. The molecule has 2 aromatic carbocycles. The molecule has 1 aliphatic rings. The van der Waals surface area contributed by atoms with Gasteiger partial charge in [-0.15, -0.1) is 0 Å². The largest absolute Gasteiger partial charge is 0.491 e. The summed E-state index contributed by atoms with van der Waals surface area (Å²) in [6, 6.07) is 16.0. The van der Waals surface area contributed by atoms with E-state index in [1.807, 2.05) is 36.4 Å². The molecule has 0 saturated carbocycles. The van der Waals surface area contributed by atoms with Crippen molar-refractivity contribution in [1.82, 2.24) is 4.90 Å². The van der Waals surface area contributed by atoms with Crippen molar-refractivity contribution in [2.24, 2.45) is 0 Å². The SMILES string of the molecule is CCCc1ccc(O[C@H]2CN(Cc3ccc(OCCO)cc3)C[C@@H]2O)cc1. The lowest BCUT2D eigenvalue weighted by Gasteiger charge is -2.17. The van der Waals surface area contributed by atoms with Crippen molar-refractivity contribution in [1.29, 1.82) is 0 Å². The Kier molecular flexibility index (Phi) is 7.10. The zero-order valence-electron chi connectivity index (χ0n) is 15.9. The molecule has 0 amide bonds. The third-order valence-corrected chi connectivity index (χ3v) is 4.75. The summed E-state index contributed by atoms with van der Waals surface area (Å²) in [5, 5.41) is 19.2. The molecule has 5 heteroatoms. The van der Waals surface area contributed by atoms with E-state index in [9.17, 15) is 5.11 Å². The van der Waals surface area contributed by atoms with Crippen molar-refractivity contribution in [3.8, 4) is 11.5 Å². The average Bonchev–Trinajstić information content (AvgIpc) is 3.02. The molecule has 0 radical (unpaired) electrons. The van der Waals surface area contributed by atoms with Crippen LogP contribution < -0.4 is 9.47 Å². The normalized spacial score (nSPS) is 20.0. The topological polar surface area (TPSA) is 62.2 Å². The maximum absolute atomic E-state index is 10.4. The quantitative estimate of drug-likeness (QED) is 0.710. The highest BCUT2D eigenvalue weighted by molar-refractivity contribution is 5.28. The lowest BCUT2D eigenvalue weighted by atomic mass is 10.1. The summed E-state index contributed by atoms with van der Waals surface area (Å²) in [6.07, 6.45) is 1.50. The minimum absolute atomic E-state index is 0.0101. The van der Waals surface area contributed by atoms with E-state index in [2.05, 4.69) is 24.0 Å². The van der Waals surface area contributed by atoms with Crippen LogP contribution >= 0.6 is 0 Å². The Hall–Kier alpha value is -2.08. The Morgan fingerprint density at radius 2 is 1.63 bits per heavy atom. The van der Waals surface area contributed by atoms with Gasteiger partial charge in [0.05, 0.1) is 6.61 Å². The molecule has 0 bridgehead atoms. The van der Waals surface area contributed by atoms with Crippen LogP contribution in [0, 0.1) is 0 Å². The fraction of sp³-hybridized carbons (Fsp3) is 0.455. The summed E-state index contributed by atoms with van der Waals surface area (Å²) >= 11 is 0. The Bertz CT molecular complexity index is 686. The monoisotopic (exact) mass is 371 g/mol. The van der Waals surface area contributed by atoms with Gasteiger partial charge < -0.3 is 19.7 Å². The summed E-state index contributed by atoms with van der Waals surface area (Å²) in [4.78, 5) is 2.20. The van der Waals surface area contributed by atoms with E-state index in [1.165, 1.54) is 5.56 Å². The van der Waals surface area contributed by atoms with Crippen molar-refractivity contribution in [3.63, 3.8) is 0 Å². The van der Waals surface area contributed by atoms with Gasteiger partial charge in [-0.1, -0.05) is 37.6 Å². The minimum atomic E-state index is -0.493. The number of ether oxygens (including phenoxy) is 2. The van der Waals surface area contributed by atoms with Crippen molar-refractivity contribution in [3.05, 3.63) is 59.7 Å². The van der Waals surface area contributed by atoms with Crippen LogP contribution in [0.2, 0.25) is 0 Å². The average molecular weight is 371 g/mol. The molecule has 3 rings (SSSR count). The van der Waals surface area contributed by atoms with Gasteiger partial charge in [0.15, 0.2) is 0 Å². The predicted octanol–water partition coefficient (Wildman–Crippen LogP) is 2.63. The second-order valence-electron chi connectivity index (χ2n) is 7.03. The number of β-amino-alcohol motifs (C(OH)–C–C–N with tert-alkyl or cyclic N) is 1. The van der Waals surface area contributed by atoms with E-state index in [1.54, 1.807) is 0 Å². The van der Waals surface area contributed by atoms with Crippen molar-refractivity contribution >= 4 is 0 Å². The van der Waals surface area contributed by atoms with Gasteiger partial charge in [-0.25, -0.2) is 0 Å². The zero-order valence-corrected chi connectivity index (χ0v) is 15.9. The van der Waals surface area contributed by atoms with Crippen LogP contribution in [0.5, 0.6) is 11.5 Å². The first-order valence-electron chi connectivity index (χ1n) is 9.66. The molecule has 27 heavy (non-hydrogen) atoms. The first kappa shape index (κ1) is 19.7. The third kappa shape index (κ3) is 5.70. The van der Waals surface area contributed by atoms with Crippen LogP contribution in [0.3, 0.4) is 0 Å². The summed E-state index contributed by atoms with van der Waals surface area (Å²) in [5.41, 5.74) is 2.47. The number of hydrogen-bond donors (Lipinski definition) is 2. The van der Waals surface area contributed by atoms with E-state index in [-0.39, 0.29) is 12.7 Å². The van der Waals surface area contributed by atoms with E-state index in [0.29, 0.717) is 19.7 Å². The number of aryl methyl sites for hydroxylation is 1. The molecule has 146 valence electrons. The maximum atomic E-state index is 10.4. The van der Waals surface area contributed by atoms with Crippen molar-refractivity contribution in [2.75, 3.05) is 26.3 Å². The second kappa shape index (κ2) is 9.74. The van der Waals surface area contributed by atoms with Crippen LogP contribution in [-0.2, 0) is 13.0 Å². The maximum Gasteiger partial charge on any atom is 0.138 e. The molecule has 2 aromatic rings. The lowest BCUT2D eigenvalue weighted by molar-refractivity contribution is 0.0736. The number of benzene rings is 2. The highest BCUT2D eigenvalue weighted by Crippen LogP contribution is 2.22. The Morgan fingerprint density at radius 3 is 2.30 bits per heavy atom. The van der Waals surface area contributed by atoms with Crippen LogP contribution in [0.15, 0.2) is 48.5 Å². The molecule has 2 N–H and O–H groups in total. The van der Waals surface area contributed by atoms with Gasteiger partial charge >= 0.3 is 0 Å². The van der Waals surface area contributed by atoms with Crippen molar-refractivity contribution < 1.29 is 19.7 Å². The molecule has 0 aliphatic carbocycles. The third-order valence-electron chi connectivity index (χ3n) is 4.75. The van der Waals surface area contributed by atoms with Gasteiger partial charge in [0.25, 0.3) is 0 Å². The van der Waals surface area contributed by atoms with Gasteiger partial charge in [0.2, 0.25) is 0 Å². The standard InChI is InChI=1S/C22H29NO4/c1-2-3-17-4-10-20(11-5-17)27-22-16-23(15-21(22)25)14-18-6-8-19(9-7-18)26-13-12-24/h4-11,21-22,24-25H,2-3,12-16H2,1H3/t21-,22-/m0/s1. The summed E-state index contributed by atoms with van der Waals surface area (Å²) < 4.78 is 11.4. The smallest absolute Gasteiger partial charge is 0.138 e. The van der Waals surface area contributed by atoms with Crippen molar-refractivity contribution in [2.45, 2.75) is 38.5 Å². The minimum Gasteiger partial charge on any atom is -0.491 e. The number of hydrogen-bond acceptors (Lipinski definition) is 5. The Morgan fingerprint density at radius 1 is 0.963 bits per heavy atom. The first-order valence-corrected chi connectivity index (χ1v) is 9.66. The molecule has 0 unspecified atom stereocenters. The van der Waals surface area contributed by atoms with Crippen LogP contribution in [0.4, 0.5) is 0 Å². The first-order chi connectivity index (χ1) is 13.2. The highest BCUT2D eigenvalue weighted by Gasteiger charge is 2.32. The number of aliphatic hydroxyl groups is 2.